The fraction of sp³-hybridized carbons (Fsp3) is 0.318. The molecule has 278 valence electrons. The number of carboxylic acid groups (broad SMARTS) is 1. The Hall–Kier alpha value is -4.33. The number of rotatable bonds is 15. The summed E-state index contributed by atoms with van der Waals surface area (Å²) < 4.78 is 6.81. The second-order valence-corrected chi connectivity index (χ2v) is 23.3. The zero-order valence-corrected chi connectivity index (χ0v) is 33.6. The van der Waals surface area contributed by atoms with E-state index in [0.717, 1.165) is 27.0 Å². The molecule has 5 rings (SSSR count). The van der Waals surface area contributed by atoms with Crippen molar-refractivity contribution < 1.29 is 29.0 Å². The highest BCUT2D eigenvalue weighted by Gasteiger charge is 2.57. The van der Waals surface area contributed by atoms with Gasteiger partial charge in [0.25, 0.3) is 0 Å². The molecule has 1 saturated heterocycles. The summed E-state index contributed by atoms with van der Waals surface area (Å²) in [7, 11) is -2.37. The molecule has 0 saturated carbocycles. The lowest BCUT2D eigenvalue weighted by atomic mass is 9.79. The van der Waals surface area contributed by atoms with Crippen LogP contribution in [0.2, 0.25) is 18.1 Å². The van der Waals surface area contributed by atoms with E-state index in [1.165, 1.54) is 4.90 Å². The number of aliphatic hydroxyl groups excluding tert-OH is 1. The van der Waals surface area contributed by atoms with Crippen LogP contribution in [0.5, 0.6) is 0 Å². The van der Waals surface area contributed by atoms with Crippen LogP contribution in [-0.4, -0.2) is 65.3 Å². The number of ketones is 1. The van der Waals surface area contributed by atoms with E-state index in [4.69, 9.17) is 4.43 Å². The van der Waals surface area contributed by atoms with Crippen LogP contribution in [0, 0.1) is 5.92 Å². The molecule has 1 aliphatic heterocycles. The highest BCUT2D eigenvalue weighted by Crippen LogP contribution is 2.51. The number of benzene rings is 4. The van der Waals surface area contributed by atoms with Crippen molar-refractivity contribution in [1.82, 2.24) is 4.90 Å². The van der Waals surface area contributed by atoms with Gasteiger partial charge in [0.2, 0.25) is 5.91 Å². The molecule has 4 aromatic carbocycles. The van der Waals surface area contributed by atoms with Crippen molar-refractivity contribution in [2.75, 3.05) is 6.61 Å². The van der Waals surface area contributed by atoms with Crippen LogP contribution in [0.15, 0.2) is 122 Å². The third-order valence-electron chi connectivity index (χ3n) is 10.9. The minimum absolute atomic E-state index is 0.00233. The Kier molecular flexibility index (Phi) is 12.3. The number of allylic oxidation sites excluding steroid dienone is 1. The lowest BCUT2D eigenvalue weighted by molar-refractivity contribution is -0.155. The summed E-state index contributed by atoms with van der Waals surface area (Å²) in [6.45, 7) is 13.2. The number of carbonyl (C=O) groups excluding carboxylic acids is 2. The molecule has 7 nitrogen and oxygen atoms in total. The third-order valence-corrected chi connectivity index (χ3v) is 19.8. The number of amides is 1. The van der Waals surface area contributed by atoms with Crippen molar-refractivity contribution in [1.29, 1.82) is 0 Å². The van der Waals surface area contributed by atoms with Crippen LogP contribution in [0.25, 0.3) is 0 Å². The molecular weight excluding hydrogens is 698 g/mol. The Balaban J connectivity index is 1.82. The highest BCUT2D eigenvalue weighted by atomic mass is 31.2. The molecule has 0 spiro atoms. The summed E-state index contributed by atoms with van der Waals surface area (Å²) in [5, 5.41) is 23.2. The highest BCUT2D eigenvalue weighted by molar-refractivity contribution is 7.96. The first-order valence-corrected chi connectivity index (χ1v) is 22.9. The van der Waals surface area contributed by atoms with Gasteiger partial charge >= 0.3 is 5.97 Å². The second-order valence-electron chi connectivity index (χ2n) is 15.3. The average molecular weight is 750 g/mol. The molecule has 0 radical (unpaired) electrons. The summed E-state index contributed by atoms with van der Waals surface area (Å²) >= 11 is 0. The first-order chi connectivity index (χ1) is 25.2. The van der Waals surface area contributed by atoms with E-state index in [1.807, 2.05) is 110 Å². The van der Waals surface area contributed by atoms with E-state index < -0.39 is 39.2 Å². The van der Waals surface area contributed by atoms with Crippen LogP contribution in [0.1, 0.15) is 55.6 Å². The lowest BCUT2D eigenvalue weighted by Crippen LogP contribution is -2.69. The van der Waals surface area contributed by atoms with Crippen molar-refractivity contribution in [3.05, 3.63) is 139 Å². The van der Waals surface area contributed by atoms with Gasteiger partial charge in [-0.1, -0.05) is 136 Å². The van der Waals surface area contributed by atoms with Gasteiger partial charge in [-0.15, -0.1) is 6.58 Å². The molecule has 2 N–H and O–H groups in total. The van der Waals surface area contributed by atoms with Crippen molar-refractivity contribution in [3.8, 4) is 0 Å². The molecule has 1 heterocycles. The minimum Gasteiger partial charge on any atom is -0.477 e. The Bertz CT molecular complexity index is 1960. The second kappa shape index (κ2) is 16.4. The monoisotopic (exact) mass is 749 g/mol. The Morgan fingerprint density at radius 1 is 0.906 bits per heavy atom. The summed E-state index contributed by atoms with van der Waals surface area (Å²) in [5.74, 6) is -2.52. The molecule has 1 fully saturated rings. The summed E-state index contributed by atoms with van der Waals surface area (Å²) in [5.41, 5.74) is 2.25. The van der Waals surface area contributed by atoms with Crippen LogP contribution >= 0.6 is 6.89 Å². The first kappa shape index (κ1) is 39.9. The van der Waals surface area contributed by atoms with Crippen molar-refractivity contribution in [2.24, 2.45) is 5.92 Å². The van der Waals surface area contributed by atoms with E-state index in [-0.39, 0.29) is 35.2 Å². The van der Waals surface area contributed by atoms with Gasteiger partial charge in [-0.2, -0.15) is 0 Å². The average Bonchev–Trinajstić information content (AvgIpc) is 3.12. The zero-order valence-electron chi connectivity index (χ0n) is 31.7. The topological polar surface area (TPSA) is 104 Å². The summed E-state index contributed by atoms with van der Waals surface area (Å²) in [6.07, 6.45) is 2.12. The number of hydrogen-bond donors (Lipinski definition) is 2. The van der Waals surface area contributed by atoms with Crippen LogP contribution in [0.3, 0.4) is 0 Å². The fourth-order valence-corrected chi connectivity index (χ4v) is 13.2. The Morgan fingerprint density at radius 3 is 1.96 bits per heavy atom. The molecule has 0 aromatic heterocycles. The molecule has 9 heteroatoms. The van der Waals surface area contributed by atoms with Crippen molar-refractivity contribution in [3.63, 3.8) is 0 Å². The summed E-state index contributed by atoms with van der Waals surface area (Å²) in [4.78, 5) is 44.8. The fourth-order valence-electron chi connectivity index (χ4n) is 7.23. The molecule has 1 aliphatic rings. The van der Waals surface area contributed by atoms with Gasteiger partial charge in [-0.25, -0.2) is 4.79 Å². The lowest BCUT2D eigenvalue weighted by Gasteiger charge is -2.52. The number of aliphatic carboxylic acids is 1. The van der Waals surface area contributed by atoms with E-state index in [9.17, 15) is 24.6 Å². The smallest absolute Gasteiger partial charge is 0.353 e. The van der Waals surface area contributed by atoms with Crippen LogP contribution < -0.4 is 15.9 Å². The van der Waals surface area contributed by atoms with Gasteiger partial charge in [-0.3, -0.25) is 9.59 Å². The van der Waals surface area contributed by atoms with Gasteiger partial charge in [0.1, 0.15) is 5.42 Å². The number of β-lactam (4-membered cyclic amide) rings is 1. The van der Waals surface area contributed by atoms with Gasteiger partial charge in [0.05, 0.1) is 18.1 Å². The van der Waals surface area contributed by atoms with E-state index >= 15 is 0 Å². The van der Waals surface area contributed by atoms with Gasteiger partial charge in [-0.05, 0) is 64.9 Å². The number of carbonyl (C=O) groups is 3. The zero-order chi connectivity index (χ0) is 38.6. The maximum Gasteiger partial charge on any atom is 0.353 e. The maximum absolute atomic E-state index is 14.9. The van der Waals surface area contributed by atoms with Crippen molar-refractivity contribution >= 4 is 54.2 Å². The maximum atomic E-state index is 14.9. The van der Waals surface area contributed by atoms with Crippen molar-refractivity contribution in [2.45, 2.75) is 77.2 Å². The Labute approximate surface area is 315 Å². The van der Waals surface area contributed by atoms with E-state index in [0.29, 0.717) is 18.4 Å². The minimum atomic E-state index is -3.33. The third kappa shape index (κ3) is 7.83. The molecule has 4 aromatic rings. The number of nitrogens with zero attached hydrogens (tertiary/aromatic N) is 1. The molecule has 0 aliphatic carbocycles. The molecule has 53 heavy (non-hydrogen) atoms. The normalized spacial score (nSPS) is 16.8. The first-order valence-electron chi connectivity index (χ1n) is 18.2. The Morgan fingerprint density at radius 2 is 1.45 bits per heavy atom. The number of carboxylic acids is 1. The molecule has 0 unspecified atom stereocenters. The summed E-state index contributed by atoms with van der Waals surface area (Å²) in [6, 6.07) is 33.4. The molecule has 1 amide bonds. The number of aliphatic hydroxyl groups is 1. The van der Waals surface area contributed by atoms with E-state index in [1.54, 1.807) is 12.1 Å². The number of Topliss-reactive ketones (excluding diaryl/α,β-unsaturated/α-hetero) is 1. The molecule has 0 bridgehead atoms. The largest absolute Gasteiger partial charge is 0.477 e. The van der Waals surface area contributed by atoms with E-state index in [2.05, 4.69) is 40.4 Å². The van der Waals surface area contributed by atoms with Gasteiger partial charge in [0, 0.05) is 25.5 Å². The van der Waals surface area contributed by atoms with Crippen LogP contribution in [-0.2, 0) is 26.9 Å². The standard InChI is InChI=1S/C44H52NO6PSi/c1-8-17-34-18-15-16-23-39(34)52(35-19-11-9-12-20-35,36-21-13-10-14-22-36)42(43(49)50)45-37(30-38(47)33-26-24-32(25-27-33)28-29-46)40(41(45)48)31(2)51-53(6,7)44(3,4)5/h8-16,18-27,31,37,40,46H,1,17,28-30H2,2-7H3,(H,49,50)/t31-,37-,40-/m1/s1. The van der Waals surface area contributed by atoms with Crippen LogP contribution in [0.4, 0.5) is 0 Å². The predicted molar refractivity (Wildman–Crippen MR) is 220 cm³/mol. The SMILES string of the molecule is C=CCc1ccccc1P(=C(C(=O)O)N1C(=O)[C@H]([C@@H](C)O[Si](C)(C)C(C)(C)C)[C@H]1CC(=O)c1ccc(CCO)cc1)(c1ccccc1)c1ccccc1. The molecule has 3 atom stereocenters. The van der Waals surface area contributed by atoms with Gasteiger partial charge in [0.15, 0.2) is 14.1 Å². The quantitative estimate of drug-likeness (QED) is 0.0448. The predicted octanol–water partition coefficient (Wildman–Crippen LogP) is 6.97. The number of hydrogen-bond acceptors (Lipinski definition) is 5. The number of likely N-dealkylation sites (tertiary alicyclic amines) is 1. The van der Waals surface area contributed by atoms with Gasteiger partial charge < -0.3 is 19.5 Å². The molecular formula is C44H52NO6PSi.